The van der Waals surface area contributed by atoms with Gasteiger partial charge in [0, 0.05) is 37.8 Å². The van der Waals surface area contributed by atoms with Gasteiger partial charge in [0.25, 0.3) is 0 Å². The number of hydrogen-bond donors (Lipinski definition) is 1. The van der Waals surface area contributed by atoms with E-state index >= 15 is 0 Å². The van der Waals surface area contributed by atoms with E-state index in [-0.39, 0.29) is 11.8 Å². The summed E-state index contributed by atoms with van der Waals surface area (Å²) in [5.74, 6) is -0.476. The first-order chi connectivity index (χ1) is 13.1. The molecule has 1 saturated heterocycles. The molecule has 7 heteroatoms. The van der Waals surface area contributed by atoms with E-state index in [2.05, 4.69) is 15.3 Å². The lowest BCUT2D eigenvalue weighted by Crippen LogP contribution is -2.40. The highest BCUT2D eigenvalue weighted by molar-refractivity contribution is 8.16. The van der Waals surface area contributed by atoms with E-state index in [1.54, 1.807) is 23.9 Å². The third-order valence-electron chi connectivity index (χ3n) is 5.40. The van der Waals surface area contributed by atoms with Crippen molar-refractivity contribution < 1.29 is 14.7 Å². The summed E-state index contributed by atoms with van der Waals surface area (Å²) in [7, 11) is 0. The first-order valence-electron chi connectivity index (χ1n) is 9.40. The van der Waals surface area contributed by atoms with Gasteiger partial charge in [-0.25, -0.2) is 4.79 Å². The third kappa shape index (κ3) is 3.88. The van der Waals surface area contributed by atoms with Crippen LogP contribution in [0.1, 0.15) is 47.5 Å². The molecule has 1 amide bonds. The Bertz CT molecular complexity index is 803. The number of likely N-dealkylation sites (tertiary alicyclic amines) is 1. The van der Waals surface area contributed by atoms with Crippen molar-refractivity contribution in [1.29, 1.82) is 0 Å². The van der Waals surface area contributed by atoms with E-state index in [4.69, 9.17) is 5.11 Å². The van der Waals surface area contributed by atoms with Crippen molar-refractivity contribution >= 4 is 28.8 Å². The monoisotopic (exact) mass is 385 g/mol. The van der Waals surface area contributed by atoms with Gasteiger partial charge in [0.05, 0.1) is 12.0 Å². The summed E-state index contributed by atoms with van der Waals surface area (Å²) in [5.41, 5.74) is 2.47. The fourth-order valence-electron chi connectivity index (χ4n) is 3.91. The Kier molecular flexibility index (Phi) is 5.20. The van der Waals surface area contributed by atoms with Gasteiger partial charge >= 0.3 is 5.97 Å². The van der Waals surface area contributed by atoms with E-state index in [1.807, 2.05) is 17.0 Å². The molecule has 142 valence electrons. The number of carboxylic acids is 1. The number of carbonyl (C=O) groups is 2. The Morgan fingerprint density at radius 3 is 2.78 bits per heavy atom. The highest BCUT2D eigenvalue weighted by atomic mass is 32.2. The zero-order valence-corrected chi connectivity index (χ0v) is 16.0. The molecule has 3 aliphatic heterocycles. The third-order valence-corrected chi connectivity index (χ3v) is 6.35. The smallest absolute Gasteiger partial charge is 0.335 e. The maximum Gasteiger partial charge on any atom is 0.335 e. The minimum atomic E-state index is -0.912. The second-order valence-electron chi connectivity index (χ2n) is 7.18. The minimum absolute atomic E-state index is 0.167. The molecule has 0 radical (unpaired) electrons. The number of aliphatic imine (C=N–C) groups is 1. The molecule has 1 aromatic carbocycles. The zero-order chi connectivity index (χ0) is 18.8. The van der Waals surface area contributed by atoms with Crippen molar-refractivity contribution in [2.75, 3.05) is 26.2 Å². The molecule has 1 atom stereocenters. The van der Waals surface area contributed by atoms with Crippen LogP contribution in [0, 0.1) is 0 Å². The van der Waals surface area contributed by atoms with E-state index in [0.29, 0.717) is 18.5 Å². The van der Waals surface area contributed by atoms with Crippen molar-refractivity contribution in [3.63, 3.8) is 0 Å². The highest BCUT2D eigenvalue weighted by Crippen LogP contribution is 2.32. The Balaban J connectivity index is 1.39. The Labute approximate surface area is 162 Å². The fraction of sp³-hybridized carbons (Fsp3) is 0.450. The van der Waals surface area contributed by atoms with Crippen LogP contribution in [0.2, 0.25) is 0 Å². The Morgan fingerprint density at radius 2 is 2.00 bits per heavy atom. The van der Waals surface area contributed by atoms with Gasteiger partial charge in [-0.3, -0.25) is 9.79 Å². The average Bonchev–Trinajstić information content (AvgIpc) is 3.11. The number of aromatic carboxylic acids is 1. The van der Waals surface area contributed by atoms with Gasteiger partial charge in [-0.15, -0.1) is 0 Å². The lowest BCUT2D eigenvalue weighted by Gasteiger charge is -2.34. The molecule has 1 fully saturated rings. The number of fused-ring (bicyclic) bond motifs is 1. The summed E-state index contributed by atoms with van der Waals surface area (Å²) in [6.45, 7) is 3.32. The quantitative estimate of drug-likeness (QED) is 0.862. The Hall–Kier alpha value is -2.28. The number of rotatable bonds is 4. The van der Waals surface area contributed by atoms with E-state index in [9.17, 15) is 9.59 Å². The van der Waals surface area contributed by atoms with Gasteiger partial charge in [0.1, 0.15) is 0 Å². The van der Waals surface area contributed by atoms with Crippen molar-refractivity contribution in [3.05, 3.63) is 46.5 Å². The number of amides is 1. The summed E-state index contributed by atoms with van der Waals surface area (Å²) < 4.78 is 0. The van der Waals surface area contributed by atoms with Crippen LogP contribution in [0.3, 0.4) is 0 Å². The maximum absolute atomic E-state index is 12.9. The van der Waals surface area contributed by atoms with Crippen molar-refractivity contribution in [1.82, 2.24) is 9.80 Å². The molecule has 0 spiro atoms. The van der Waals surface area contributed by atoms with Crippen LogP contribution in [-0.4, -0.2) is 58.1 Å². The summed E-state index contributed by atoms with van der Waals surface area (Å²) in [6, 6.07) is 7.07. The zero-order valence-electron chi connectivity index (χ0n) is 15.1. The summed E-state index contributed by atoms with van der Waals surface area (Å²) in [5, 5.41) is 12.1. The second-order valence-corrected chi connectivity index (χ2v) is 8.02. The summed E-state index contributed by atoms with van der Waals surface area (Å²) >= 11 is 1.62. The Morgan fingerprint density at radius 1 is 1.19 bits per heavy atom. The van der Waals surface area contributed by atoms with Gasteiger partial charge in [-0.2, -0.15) is 0 Å². The number of amidine groups is 1. The summed E-state index contributed by atoms with van der Waals surface area (Å²) in [6.07, 6.45) is 3.46. The number of thioether (sulfide) groups is 1. The molecule has 0 aliphatic carbocycles. The van der Waals surface area contributed by atoms with Crippen molar-refractivity contribution in [2.45, 2.75) is 31.6 Å². The molecule has 3 heterocycles. The number of carbonyl (C=O) groups excluding carboxylic acids is 1. The molecule has 0 unspecified atom stereocenters. The topological polar surface area (TPSA) is 73.2 Å². The number of carboxylic acid groups (broad SMARTS) is 1. The first-order valence-corrected chi connectivity index (χ1v) is 10.3. The molecule has 1 N–H and O–H groups in total. The largest absolute Gasteiger partial charge is 0.478 e. The molecule has 6 nitrogen and oxygen atoms in total. The van der Waals surface area contributed by atoms with E-state index in [0.717, 1.165) is 55.3 Å². The molecular weight excluding hydrogens is 362 g/mol. The van der Waals surface area contributed by atoms with Crippen molar-refractivity contribution in [2.24, 2.45) is 4.99 Å². The van der Waals surface area contributed by atoms with Crippen LogP contribution in [0.5, 0.6) is 0 Å². The van der Waals surface area contributed by atoms with Crippen LogP contribution >= 0.6 is 11.8 Å². The number of benzene rings is 1. The SMILES string of the molecule is O=C(O)c1ccc([C@@H]2CCCN(C(=O)CC3=CSC4=NCCCN34)C2)cc1. The first kappa shape index (κ1) is 18.1. The highest BCUT2D eigenvalue weighted by Gasteiger charge is 2.30. The number of piperidine rings is 1. The van der Waals surface area contributed by atoms with Crippen LogP contribution in [0.25, 0.3) is 0 Å². The predicted molar refractivity (Wildman–Crippen MR) is 106 cm³/mol. The van der Waals surface area contributed by atoms with Crippen molar-refractivity contribution in [3.8, 4) is 0 Å². The van der Waals surface area contributed by atoms with Gasteiger partial charge in [0.15, 0.2) is 5.17 Å². The number of nitrogens with zero attached hydrogens (tertiary/aromatic N) is 3. The molecule has 0 saturated carbocycles. The second kappa shape index (κ2) is 7.76. The maximum atomic E-state index is 12.9. The molecule has 3 aliphatic rings. The molecule has 0 bridgehead atoms. The van der Waals surface area contributed by atoms with Gasteiger partial charge in [-0.05, 0) is 42.4 Å². The number of hydrogen-bond acceptors (Lipinski definition) is 5. The molecule has 0 aromatic heterocycles. The molecule has 1 aromatic rings. The van der Waals surface area contributed by atoms with Gasteiger partial charge < -0.3 is 14.9 Å². The minimum Gasteiger partial charge on any atom is -0.478 e. The molecule has 4 rings (SSSR count). The van der Waals surface area contributed by atoms with Crippen LogP contribution in [0.4, 0.5) is 0 Å². The normalized spacial score (nSPS) is 22.1. The van der Waals surface area contributed by atoms with Crippen LogP contribution in [0.15, 0.2) is 40.4 Å². The lowest BCUT2D eigenvalue weighted by molar-refractivity contribution is -0.131. The average molecular weight is 385 g/mol. The van der Waals surface area contributed by atoms with Gasteiger partial charge in [0.2, 0.25) is 5.91 Å². The predicted octanol–water partition coefficient (Wildman–Crippen LogP) is 3.13. The lowest BCUT2D eigenvalue weighted by atomic mass is 9.90. The summed E-state index contributed by atoms with van der Waals surface area (Å²) in [4.78, 5) is 32.6. The standard InChI is InChI=1S/C20H23N3O3S/c24-18(11-17-13-27-20-21-8-2-10-23(17)20)22-9-1-3-16(12-22)14-4-6-15(7-5-14)19(25)26/h4-7,13,16H,1-3,8-12H2,(H,25,26)/t16-/m1/s1. The van der Waals surface area contributed by atoms with Gasteiger partial charge in [-0.1, -0.05) is 23.9 Å². The molecule has 27 heavy (non-hydrogen) atoms. The van der Waals surface area contributed by atoms with Crippen LogP contribution < -0.4 is 0 Å². The van der Waals surface area contributed by atoms with E-state index in [1.165, 1.54) is 0 Å². The van der Waals surface area contributed by atoms with E-state index < -0.39 is 5.97 Å². The van der Waals surface area contributed by atoms with Crippen LogP contribution in [-0.2, 0) is 4.79 Å². The molecular formula is C20H23N3O3S. The fourth-order valence-corrected chi connectivity index (χ4v) is 4.87.